The van der Waals surface area contributed by atoms with E-state index in [1.54, 1.807) is 0 Å². The summed E-state index contributed by atoms with van der Waals surface area (Å²) in [5.41, 5.74) is 0. The zero-order valence-electron chi connectivity index (χ0n) is 13.7. The van der Waals surface area contributed by atoms with Crippen molar-refractivity contribution in [3.63, 3.8) is 0 Å². The van der Waals surface area contributed by atoms with E-state index in [4.69, 9.17) is 0 Å². The van der Waals surface area contributed by atoms with Gasteiger partial charge in [0.25, 0.3) is 0 Å². The van der Waals surface area contributed by atoms with Crippen molar-refractivity contribution in [1.82, 2.24) is 0 Å². The summed E-state index contributed by atoms with van der Waals surface area (Å²) >= 11 is -6.44. The molecule has 1 aromatic carbocycles. The minimum absolute atomic E-state index is 0.292. The second-order valence-corrected chi connectivity index (χ2v) is 11.3. The molecule has 0 N–H and O–H groups in total. The fourth-order valence-electron chi connectivity index (χ4n) is 1.68. The Labute approximate surface area is 170 Å². The Morgan fingerprint density at radius 1 is 0.645 bits per heavy atom. The molecule has 182 valence electrons. The molecule has 0 unspecified atom stereocenters. The van der Waals surface area contributed by atoms with Crippen molar-refractivity contribution in [2.24, 2.45) is 0 Å². The summed E-state index contributed by atoms with van der Waals surface area (Å²) in [6.07, 6.45) is -7.60. The molecule has 0 fully saturated rings. The van der Waals surface area contributed by atoms with Gasteiger partial charge in [-0.3, -0.25) is 0 Å². The van der Waals surface area contributed by atoms with Gasteiger partial charge in [-0.2, -0.15) is 0 Å². The molecule has 0 aromatic heterocycles. The fraction of sp³-hybridized carbons (Fsp3) is 0.500. The van der Waals surface area contributed by atoms with E-state index < -0.39 is 68.1 Å². The third kappa shape index (κ3) is 4.67. The number of halogens is 15. The number of hydrogen-bond acceptors (Lipinski definition) is 3. The molecule has 0 aliphatic heterocycles. The molecule has 0 heterocycles. The summed E-state index contributed by atoms with van der Waals surface area (Å²) in [6.45, 7) is 0. The van der Waals surface area contributed by atoms with Crippen molar-refractivity contribution in [2.75, 3.05) is 0 Å². The average Bonchev–Trinajstić information content (AvgIpc) is 2.57. The van der Waals surface area contributed by atoms with Crippen LogP contribution in [0, 0.1) is 3.57 Å². The molecule has 0 aliphatic carbocycles. The van der Waals surface area contributed by atoms with Gasteiger partial charge in [-0.15, -0.1) is 0 Å². The molecule has 1 aromatic rings. The van der Waals surface area contributed by atoms with E-state index in [1.165, 1.54) is 0 Å². The molecule has 0 atom stereocenters. The zero-order chi connectivity index (χ0) is 24.9. The van der Waals surface area contributed by atoms with Crippen LogP contribution < -0.4 is 0 Å². The standard InChI is InChI=1S/C12H5F14IO3S/c13-7(14,9(17,18)11(21,22)23)8(15,16)10(19,20)12(24,25)27(30-31(26,28)29)6-4-2-1-3-5-6/h1-5H. The van der Waals surface area contributed by atoms with Gasteiger partial charge in [0, 0.05) is 0 Å². The summed E-state index contributed by atoms with van der Waals surface area (Å²) in [6, 6.07) is 2.88. The van der Waals surface area contributed by atoms with Crippen molar-refractivity contribution in [2.45, 2.75) is 33.8 Å². The number of hydrogen-bond donors (Lipinski definition) is 0. The minimum atomic E-state index is -8.17. The van der Waals surface area contributed by atoms with Crippen LogP contribution in [0.3, 0.4) is 0 Å². The SMILES string of the molecule is O=S(=O)(F)OI(c1ccccc1)C(F)(F)C(F)(F)C(F)(F)C(F)(F)C(F)(F)C(F)(F)F. The summed E-state index contributed by atoms with van der Waals surface area (Å²) in [5.74, 6) is -32.0. The Bertz CT molecular complexity index is 884. The van der Waals surface area contributed by atoms with E-state index in [2.05, 4.69) is 2.51 Å². The summed E-state index contributed by atoms with van der Waals surface area (Å²) in [4.78, 5) is 0. The van der Waals surface area contributed by atoms with Crippen LogP contribution in [0.5, 0.6) is 0 Å². The van der Waals surface area contributed by atoms with Crippen molar-refractivity contribution in [3.05, 3.63) is 33.9 Å². The molecule has 0 saturated carbocycles. The molecule has 19 heteroatoms. The Morgan fingerprint density at radius 2 is 1.03 bits per heavy atom. The molecule has 3 nitrogen and oxygen atoms in total. The van der Waals surface area contributed by atoms with Crippen molar-refractivity contribution in [3.8, 4) is 0 Å². The Hall–Kier alpha value is -1.12. The van der Waals surface area contributed by atoms with E-state index >= 15 is 0 Å². The van der Waals surface area contributed by atoms with Gasteiger partial charge >= 0.3 is 170 Å². The monoisotopic (exact) mass is 622 g/mol. The van der Waals surface area contributed by atoms with Crippen LogP contribution in [-0.2, 0) is 13.0 Å². The fourth-order valence-corrected chi connectivity index (χ4v) is 7.37. The maximum atomic E-state index is 14.2. The molecule has 0 bridgehead atoms. The number of alkyl halides is 14. The zero-order valence-corrected chi connectivity index (χ0v) is 16.7. The summed E-state index contributed by atoms with van der Waals surface area (Å²) in [5, 5.41) is 0. The quantitative estimate of drug-likeness (QED) is 0.150. The van der Waals surface area contributed by atoms with Gasteiger partial charge in [0.2, 0.25) is 0 Å². The first-order valence-electron chi connectivity index (χ1n) is 6.80. The van der Waals surface area contributed by atoms with Crippen LogP contribution in [-0.4, -0.2) is 42.2 Å². The molecular weight excluding hydrogens is 617 g/mol. The second kappa shape index (κ2) is 8.03. The van der Waals surface area contributed by atoms with E-state index in [1.807, 2.05) is 0 Å². The molecular formula is C12H5F14IO3S. The van der Waals surface area contributed by atoms with Gasteiger partial charge in [0.1, 0.15) is 0 Å². The van der Waals surface area contributed by atoms with E-state index in [9.17, 15) is 69.4 Å². The molecule has 31 heavy (non-hydrogen) atoms. The van der Waals surface area contributed by atoms with Gasteiger partial charge in [-0.25, -0.2) is 0 Å². The van der Waals surface area contributed by atoms with Crippen LogP contribution in [0.25, 0.3) is 0 Å². The number of rotatable bonds is 8. The van der Waals surface area contributed by atoms with Crippen molar-refractivity contribution in [1.29, 1.82) is 0 Å². The van der Waals surface area contributed by atoms with Gasteiger partial charge < -0.3 is 0 Å². The molecule has 0 aliphatic rings. The van der Waals surface area contributed by atoms with Crippen LogP contribution in [0.15, 0.2) is 30.3 Å². The van der Waals surface area contributed by atoms with Crippen molar-refractivity contribution < 1.29 is 71.9 Å². The van der Waals surface area contributed by atoms with E-state index in [0.717, 1.165) is 6.07 Å². The second-order valence-electron chi connectivity index (χ2n) is 5.29. The maximum absolute atomic E-state index is 14.2. The van der Waals surface area contributed by atoms with Crippen molar-refractivity contribution >= 4 is 30.7 Å². The van der Waals surface area contributed by atoms with Crippen LogP contribution in [0.2, 0.25) is 0 Å². The van der Waals surface area contributed by atoms with Gasteiger partial charge in [-0.1, -0.05) is 0 Å². The molecule has 1 rings (SSSR count). The third-order valence-corrected chi connectivity index (χ3v) is 9.58. The number of benzene rings is 1. The van der Waals surface area contributed by atoms with E-state index in [-0.39, 0.29) is 0 Å². The first kappa shape index (κ1) is 27.9. The van der Waals surface area contributed by atoms with Crippen LogP contribution >= 0.6 is 20.2 Å². The topological polar surface area (TPSA) is 43.4 Å². The normalized spacial score (nSPS) is 15.7. The predicted molar refractivity (Wildman–Crippen MR) is 81.1 cm³/mol. The molecule has 0 radical (unpaired) electrons. The molecule has 0 saturated heterocycles. The predicted octanol–water partition coefficient (Wildman–Crippen LogP) is 6.20. The Kier molecular flexibility index (Phi) is 7.23. The first-order valence-corrected chi connectivity index (χ1v) is 11.2. The van der Waals surface area contributed by atoms with Gasteiger partial charge in [0.15, 0.2) is 0 Å². The summed E-state index contributed by atoms with van der Waals surface area (Å²) in [7, 11) is -6.65. The van der Waals surface area contributed by atoms with Crippen LogP contribution in [0.4, 0.5) is 61.0 Å². The molecule has 0 spiro atoms. The van der Waals surface area contributed by atoms with E-state index in [0.29, 0.717) is 24.3 Å². The third-order valence-electron chi connectivity index (χ3n) is 3.18. The molecule has 0 amide bonds. The Balaban J connectivity index is 3.72. The van der Waals surface area contributed by atoms with Gasteiger partial charge in [-0.05, 0) is 0 Å². The summed E-state index contributed by atoms with van der Waals surface area (Å²) < 4.78 is 200. The van der Waals surface area contributed by atoms with Crippen LogP contribution in [0.1, 0.15) is 0 Å². The van der Waals surface area contributed by atoms with Gasteiger partial charge in [0.05, 0.1) is 0 Å². The average molecular weight is 622 g/mol. The Morgan fingerprint density at radius 3 is 1.39 bits per heavy atom. The first-order chi connectivity index (χ1) is 13.5.